The van der Waals surface area contributed by atoms with E-state index in [1.54, 1.807) is 14.2 Å². The molecule has 0 N–H and O–H groups in total. The van der Waals surface area contributed by atoms with Crippen molar-refractivity contribution in [3.8, 4) is 0 Å². The predicted octanol–water partition coefficient (Wildman–Crippen LogP) is 4.30. The summed E-state index contributed by atoms with van der Waals surface area (Å²) in [4.78, 5) is 0. The van der Waals surface area contributed by atoms with Crippen molar-refractivity contribution in [2.75, 3.05) is 20.8 Å². The van der Waals surface area contributed by atoms with Gasteiger partial charge in [0.05, 0.1) is 12.7 Å². The second-order valence-corrected chi connectivity index (χ2v) is 5.68. The van der Waals surface area contributed by atoms with Crippen LogP contribution in [0.3, 0.4) is 0 Å². The highest BCUT2D eigenvalue weighted by molar-refractivity contribution is 4.76. The third-order valence-corrected chi connectivity index (χ3v) is 4.15. The van der Waals surface area contributed by atoms with Gasteiger partial charge in [-0.15, -0.1) is 0 Å². The lowest BCUT2D eigenvalue weighted by atomic mass is 10.00. The monoisotopic (exact) mass is 272 g/mol. The maximum Gasteiger partial charge on any atom is 0.167 e. The molecule has 0 bridgehead atoms. The van der Waals surface area contributed by atoms with Crippen LogP contribution in [0.5, 0.6) is 0 Å². The molecule has 1 atom stereocenters. The van der Waals surface area contributed by atoms with Crippen LogP contribution in [0.1, 0.15) is 71.1 Å². The van der Waals surface area contributed by atoms with Crippen LogP contribution in [0.25, 0.3) is 0 Å². The van der Waals surface area contributed by atoms with Gasteiger partial charge in [0, 0.05) is 27.1 Å². The van der Waals surface area contributed by atoms with Crippen LogP contribution in [0.15, 0.2) is 0 Å². The zero-order chi connectivity index (χ0) is 14.0. The third-order valence-electron chi connectivity index (χ3n) is 4.15. The molecule has 1 aliphatic rings. The molecular weight excluding hydrogens is 240 g/mol. The molecule has 3 nitrogen and oxygen atoms in total. The first-order chi connectivity index (χ1) is 9.26. The lowest BCUT2D eigenvalue weighted by molar-refractivity contribution is -0.216. The molecule has 0 aromatic rings. The Morgan fingerprint density at radius 1 is 0.947 bits per heavy atom. The van der Waals surface area contributed by atoms with E-state index in [0.29, 0.717) is 6.10 Å². The van der Waals surface area contributed by atoms with Gasteiger partial charge in [0.2, 0.25) is 0 Å². The van der Waals surface area contributed by atoms with Gasteiger partial charge in [-0.3, -0.25) is 0 Å². The molecule has 0 radical (unpaired) electrons. The van der Waals surface area contributed by atoms with Crippen LogP contribution in [0.2, 0.25) is 0 Å². The quantitative estimate of drug-likeness (QED) is 0.284. The molecule has 114 valence electrons. The van der Waals surface area contributed by atoms with Crippen molar-refractivity contribution in [1.82, 2.24) is 0 Å². The average molecular weight is 272 g/mol. The van der Waals surface area contributed by atoms with Crippen LogP contribution in [-0.2, 0) is 14.2 Å². The number of rotatable bonds is 13. The zero-order valence-electron chi connectivity index (χ0n) is 13.1. The Labute approximate surface area is 119 Å². The topological polar surface area (TPSA) is 31.0 Å². The van der Waals surface area contributed by atoms with Crippen molar-refractivity contribution in [1.29, 1.82) is 0 Å². The highest BCUT2D eigenvalue weighted by Crippen LogP contribution is 2.29. The van der Waals surface area contributed by atoms with Crippen LogP contribution >= 0.6 is 0 Å². The summed E-state index contributed by atoms with van der Waals surface area (Å²) < 4.78 is 16.5. The van der Waals surface area contributed by atoms with Crippen molar-refractivity contribution in [2.24, 2.45) is 0 Å². The number of hydrogen-bond acceptors (Lipinski definition) is 3. The molecule has 1 saturated heterocycles. The van der Waals surface area contributed by atoms with Gasteiger partial charge in [-0.05, 0) is 12.8 Å². The highest BCUT2D eigenvalue weighted by Gasteiger charge is 2.32. The minimum absolute atomic E-state index is 0.380. The first-order valence-electron chi connectivity index (χ1n) is 7.98. The van der Waals surface area contributed by atoms with Gasteiger partial charge in [0.15, 0.2) is 5.79 Å². The van der Waals surface area contributed by atoms with E-state index < -0.39 is 0 Å². The summed E-state index contributed by atoms with van der Waals surface area (Å²) in [5.74, 6) is -0.380. The first-order valence-corrected chi connectivity index (χ1v) is 7.98. The van der Waals surface area contributed by atoms with Gasteiger partial charge in [0.1, 0.15) is 0 Å². The smallest absolute Gasteiger partial charge is 0.167 e. The van der Waals surface area contributed by atoms with Gasteiger partial charge in [-0.25, -0.2) is 0 Å². The molecule has 0 spiro atoms. The fourth-order valence-electron chi connectivity index (χ4n) is 2.58. The van der Waals surface area contributed by atoms with Crippen molar-refractivity contribution in [3.05, 3.63) is 0 Å². The average Bonchev–Trinajstić information content (AvgIpc) is 3.26. The van der Waals surface area contributed by atoms with Crippen molar-refractivity contribution < 1.29 is 14.2 Å². The highest BCUT2D eigenvalue weighted by atomic mass is 16.7. The Hall–Kier alpha value is -0.120. The van der Waals surface area contributed by atoms with E-state index in [4.69, 9.17) is 14.2 Å². The van der Waals surface area contributed by atoms with Crippen molar-refractivity contribution in [2.45, 2.75) is 83.0 Å². The van der Waals surface area contributed by atoms with Crippen LogP contribution in [0, 0.1) is 0 Å². The molecule has 1 fully saturated rings. The minimum atomic E-state index is -0.380. The number of hydrogen-bond donors (Lipinski definition) is 0. The second-order valence-electron chi connectivity index (χ2n) is 5.68. The number of ether oxygens (including phenoxy) is 3. The molecule has 19 heavy (non-hydrogen) atoms. The summed E-state index contributed by atoms with van der Waals surface area (Å²) in [5.41, 5.74) is 0. The SMILES string of the molecule is CCCCCCCCCC(CCC1CO1)(OC)OC. The Morgan fingerprint density at radius 2 is 1.53 bits per heavy atom. The molecule has 0 aliphatic carbocycles. The lowest BCUT2D eigenvalue weighted by Gasteiger charge is -2.31. The van der Waals surface area contributed by atoms with E-state index in [9.17, 15) is 0 Å². The molecular formula is C16H32O3. The van der Waals surface area contributed by atoms with E-state index in [1.165, 1.54) is 44.9 Å². The Morgan fingerprint density at radius 3 is 2.05 bits per heavy atom. The summed E-state index contributed by atoms with van der Waals surface area (Å²) in [6.45, 7) is 3.18. The van der Waals surface area contributed by atoms with E-state index in [0.717, 1.165) is 25.9 Å². The zero-order valence-corrected chi connectivity index (χ0v) is 13.1. The second kappa shape index (κ2) is 9.73. The summed E-state index contributed by atoms with van der Waals surface area (Å²) in [7, 11) is 3.52. The molecule has 1 aliphatic heterocycles. The number of epoxide rings is 1. The van der Waals surface area contributed by atoms with Gasteiger partial charge < -0.3 is 14.2 Å². The van der Waals surface area contributed by atoms with E-state index in [-0.39, 0.29) is 5.79 Å². The first kappa shape index (κ1) is 16.9. The molecule has 0 saturated carbocycles. The summed E-state index contributed by atoms with van der Waals surface area (Å²) in [6.07, 6.45) is 12.7. The standard InChI is InChI=1S/C16H32O3/c1-4-5-6-7-8-9-10-12-16(17-2,18-3)13-11-15-14-19-15/h15H,4-14H2,1-3H3. The third kappa shape index (κ3) is 7.28. The Balaban J connectivity index is 2.09. The summed E-state index contributed by atoms with van der Waals surface area (Å²) >= 11 is 0. The molecule has 0 aromatic carbocycles. The molecule has 1 rings (SSSR count). The number of methoxy groups -OCH3 is 2. The maximum absolute atomic E-state index is 5.63. The normalized spacial score (nSPS) is 18.8. The Bertz CT molecular complexity index is 210. The summed E-state index contributed by atoms with van der Waals surface area (Å²) in [6, 6.07) is 0. The van der Waals surface area contributed by atoms with Crippen LogP contribution in [-0.4, -0.2) is 32.7 Å². The largest absolute Gasteiger partial charge is 0.373 e. The molecule has 3 heteroatoms. The van der Waals surface area contributed by atoms with Crippen LogP contribution < -0.4 is 0 Å². The van der Waals surface area contributed by atoms with Crippen LogP contribution in [0.4, 0.5) is 0 Å². The van der Waals surface area contributed by atoms with Gasteiger partial charge in [-0.1, -0.05) is 45.4 Å². The van der Waals surface area contributed by atoms with E-state index in [1.807, 2.05) is 0 Å². The van der Waals surface area contributed by atoms with Gasteiger partial charge in [-0.2, -0.15) is 0 Å². The molecule has 0 aromatic heterocycles. The maximum atomic E-state index is 5.63. The fourth-order valence-corrected chi connectivity index (χ4v) is 2.58. The van der Waals surface area contributed by atoms with Crippen molar-refractivity contribution in [3.63, 3.8) is 0 Å². The van der Waals surface area contributed by atoms with Gasteiger partial charge >= 0.3 is 0 Å². The molecule has 0 amide bonds. The molecule has 1 unspecified atom stereocenters. The number of unbranched alkanes of at least 4 members (excludes halogenated alkanes) is 6. The molecule has 1 heterocycles. The fraction of sp³-hybridized carbons (Fsp3) is 1.00. The summed E-state index contributed by atoms with van der Waals surface area (Å²) in [5, 5.41) is 0. The van der Waals surface area contributed by atoms with E-state index in [2.05, 4.69) is 6.92 Å². The Kier molecular flexibility index (Phi) is 8.67. The lowest BCUT2D eigenvalue weighted by Crippen LogP contribution is -2.34. The van der Waals surface area contributed by atoms with Gasteiger partial charge in [0.25, 0.3) is 0 Å². The predicted molar refractivity (Wildman–Crippen MR) is 78.3 cm³/mol. The minimum Gasteiger partial charge on any atom is -0.373 e. The van der Waals surface area contributed by atoms with Crippen molar-refractivity contribution >= 4 is 0 Å². The van der Waals surface area contributed by atoms with E-state index >= 15 is 0 Å².